The molecule has 1 aliphatic carbocycles. The van der Waals surface area contributed by atoms with Crippen LogP contribution in [0.4, 0.5) is 0 Å². The van der Waals surface area contributed by atoms with Gasteiger partial charge in [-0.2, -0.15) is 0 Å². The second kappa shape index (κ2) is 8.14. The Morgan fingerprint density at radius 2 is 2.12 bits per heavy atom. The lowest BCUT2D eigenvalue weighted by Crippen LogP contribution is -2.45. The number of thiophene rings is 1. The van der Waals surface area contributed by atoms with Crippen LogP contribution in [0.2, 0.25) is 0 Å². The van der Waals surface area contributed by atoms with Crippen molar-refractivity contribution in [2.45, 2.75) is 50.6 Å². The minimum Gasteiger partial charge on any atom is -0.355 e. The van der Waals surface area contributed by atoms with Crippen molar-refractivity contribution in [3.63, 3.8) is 0 Å². The summed E-state index contributed by atoms with van der Waals surface area (Å²) in [6.07, 6.45) is 6.18. The Morgan fingerprint density at radius 1 is 1.32 bits per heavy atom. The average molecular weight is 379 g/mol. The van der Waals surface area contributed by atoms with E-state index in [0.717, 1.165) is 28.1 Å². The molecule has 8 heteroatoms. The van der Waals surface area contributed by atoms with Gasteiger partial charge in [-0.15, -0.1) is 11.3 Å². The maximum Gasteiger partial charge on any atom is 0.242 e. The molecule has 3 rings (SSSR count). The van der Waals surface area contributed by atoms with Gasteiger partial charge < -0.3 is 10.6 Å². The number of aryl methyl sites for hydroxylation is 2. The second-order valence-electron chi connectivity index (χ2n) is 6.04. The molecule has 0 aliphatic heterocycles. The summed E-state index contributed by atoms with van der Waals surface area (Å²) >= 11 is 3.16. The van der Waals surface area contributed by atoms with Gasteiger partial charge in [-0.25, -0.2) is 9.97 Å². The zero-order valence-corrected chi connectivity index (χ0v) is 16.1. The molecule has 2 aromatic heterocycles. The first-order valence-corrected chi connectivity index (χ1v) is 10.4. The number of carbonyl (C=O) groups is 2. The predicted molar refractivity (Wildman–Crippen MR) is 101 cm³/mol. The molecule has 2 N–H and O–H groups in total. The molecule has 2 amide bonds. The third kappa shape index (κ3) is 4.12. The normalized spacial score (nSPS) is 14.8. The summed E-state index contributed by atoms with van der Waals surface area (Å²) in [5.41, 5.74) is 1.37. The maximum atomic E-state index is 12.1. The minimum absolute atomic E-state index is 0.167. The van der Waals surface area contributed by atoms with Gasteiger partial charge in [0.25, 0.3) is 0 Å². The van der Waals surface area contributed by atoms with Gasteiger partial charge >= 0.3 is 0 Å². The van der Waals surface area contributed by atoms with E-state index >= 15 is 0 Å². The molecule has 6 nitrogen and oxygen atoms in total. The molecule has 25 heavy (non-hydrogen) atoms. The number of fused-ring (bicyclic) bond motifs is 3. The van der Waals surface area contributed by atoms with Crippen LogP contribution in [0.15, 0.2) is 11.4 Å². The van der Waals surface area contributed by atoms with Crippen LogP contribution in [-0.2, 0) is 22.4 Å². The summed E-state index contributed by atoms with van der Waals surface area (Å²) in [5, 5.41) is 7.41. The van der Waals surface area contributed by atoms with Gasteiger partial charge in [-0.3, -0.25) is 9.59 Å². The number of amides is 2. The average Bonchev–Trinajstić information content (AvgIpc) is 2.99. The molecule has 134 valence electrons. The van der Waals surface area contributed by atoms with Gasteiger partial charge in [-0.05, 0) is 45.1 Å². The quantitative estimate of drug-likeness (QED) is 0.595. The molecule has 0 saturated carbocycles. The fourth-order valence-corrected chi connectivity index (χ4v) is 5.11. The lowest BCUT2D eigenvalue weighted by molar-refractivity contribution is -0.127. The maximum absolute atomic E-state index is 12.1. The van der Waals surface area contributed by atoms with Crippen molar-refractivity contribution in [2.24, 2.45) is 0 Å². The Bertz CT molecular complexity index is 790. The number of hydrogen-bond acceptors (Lipinski definition) is 6. The fraction of sp³-hybridized carbons (Fsp3) is 0.529. The van der Waals surface area contributed by atoms with E-state index in [1.54, 1.807) is 24.6 Å². The van der Waals surface area contributed by atoms with Crippen molar-refractivity contribution in [1.82, 2.24) is 20.6 Å². The molecule has 1 atom stereocenters. The summed E-state index contributed by atoms with van der Waals surface area (Å²) in [6.45, 7) is 4.09. The Labute approximate surface area is 155 Å². The molecule has 0 radical (unpaired) electrons. The van der Waals surface area contributed by atoms with E-state index in [2.05, 4.69) is 20.6 Å². The number of carbonyl (C=O) groups excluding carboxylic acids is 2. The van der Waals surface area contributed by atoms with Crippen LogP contribution in [0.3, 0.4) is 0 Å². The highest BCUT2D eigenvalue weighted by Crippen LogP contribution is 2.39. The SMILES string of the molecule is CCNC(=O)[C@H](C)NC(=O)CSc1ncnc2sc3c(c12)CCCC3. The van der Waals surface area contributed by atoms with Crippen molar-refractivity contribution in [3.05, 3.63) is 16.8 Å². The summed E-state index contributed by atoms with van der Waals surface area (Å²) in [4.78, 5) is 35.1. The zero-order valence-electron chi connectivity index (χ0n) is 14.4. The molecule has 2 heterocycles. The standard InChI is InChI=1S/C17H22N4O2S2/c1-3-18-15(23)10(2)21-13(22)8-24-16-14-11-6-4-5-7-12(11)25-17(14)20-9-19-16/h9-10H,3-8H2,1-2H3,(H,18,23)(H,21,22)/t10-/m0/s1. The predicted octanol–water partition coefficient (Wildman–Crippen LogP) is 2.30. The summed E-state index contributed by atoms with van der Waals surface area (Å²) in [6, 6.07) is -0.535. The highest BCUT2D eigenvalue weighted by atomic mass is 32.2. The molecule has 0 saturated heterocycles. The highest BCUT2D eigenvalue weighted by Gasteiger charge is 2.21. The molecule has 0 aromatic carbocycles. The van der Waals surface area contributed by atoms with Crippen LogP contribution in [-0.4, -0.2) is 40.1 Å². The van der Waals surface area contributed by atoms with Crippen LogP contribution in [0.5, 0.6) is 0 Å². The highest BCUT2D eigenvalue weighted by molar-refractivity contribution is 8.00. The number of rotatable bonds is 6. The van der Waals surface area contributed by atoms with Crippen molar-refractivity contribution in [2.75, 3.05) is 12.3 Å². The van der Waals surface area contributed by atoms with E-state index < -0.39 is 6.04 Å². The minimum atomic E-state index is -0.535. The van der Waals surface area contributed by atoms with E-state index in [0.29, 0.717) is 6.54 Å². The van der Waals surface area contributed by atoms with Crippen molar-refractivity contribution >= 4 is 45.1 Å². The molecule has 0 unspecified atom stereocenters. The number of hydrogen-bond donors (Lipinski definition) is 2. The fourth-order valence-electron chi connectivity index (χ4n) is 2.98. The number of thioether (sulfide) groups is 1. The Hall–Kier alpha value is -1.67. The lowest BCUT2D eigenvalue weighted by Gasteiger charge is -2.13. The van der Waals surface area contributed by atoms with E-state index in [-0.39, 0.29) is 17.6 Å². The van der Waals surface area contributed by atoms with Gasteiger partial charge in [0.15, 0.2) is 0 Å². The molecule has 0 fully saturated rings. The zero-order chi connectivity index (χ0) is 17.8. The summed E-state index contributed by atoms with van der Waals surface area (Å²) in [5.74, 6) is -0.0997. The molecule has 0 spiro atoms. The lowest BCUT2D eigenvalue weighted by atomic mass is 9.97. The monoisotopic (exact) mass is 378 g/mol. The van der Waals surface area contributed by atoms with Crippen molar-refractivity contribution < 1.29 is 9.59 Å². The smallest absolute Gasteiger partial charge is 0.242 e. The molecular weight excluding hydrogens is 356 g/mol. The van der Waals surface area contributed by atoms with Crippen LogP contribution in [0, 0.1) is 0 Å². The number of likely N-dealkylation sites (N-methyl/N-ethyl adjacent to an activating group) is 1. The van der Waals surface area contributed by atoms with E-state index in [4.69, 9.17) is 0 Å². The van der Waals surface area contributed by atoms with Crippen LogP contribution < -0.4 is 10.6 Å². The topological polar surface area (TPSA) is 84.0 Å². The second-order valence-corrected chi connectivity index (χ2v) is 8.09. The molecule has 1 aliphatic rings. The van der Waals surface area contributed by atoms with Crippen molar-refractivity contribution in [1.29, 1.82) is 0 Å². The number of aromatic nitrogens is 2. The molecule has 2 aromatic rings. The van der Waals surface area contributed by atoms with E-state index in [1.165, 1.54) is 35.0 Å². The van der Waals surface area contributed by atoms with Crippen LogP contribution in [0.25, 0.3) is 10.2 Å². The number of nitrogens with zero attached hydrogens (tertiary/aromatic N) is 2. The van der Waals surface area contributed by atoms with Crippen LogP contribution in [0.1, 0.15) is 37.1 Å². The Balaban J connectivity index is 1.68. The van der Waals surface area contributed by atoms with E-state index in [1.807, 2.05) is 6.92 Å². The number of nitrogens with one attached hydrogen (secondary N) is 2. The van der Waals surface area contributed by atoms with E-state index in [9.17, 15) is 9.59 Å². The third-order valence-corrected chi connectivity index (χ3v) is 6.37. The van der Waals surface area contributed by atoms with Gasteiger partial charge in [0.2, 0.25) is 11.8 Å². The molecule has 0 bridgehead atoms. The first-order chi connectivity index (χ1) is 12.1. The van der Waals surface area contributed by atoms with Gasteiger partial charge in [0.1, 0.15) is 22.2 Å². The molecular formula is C17H22N4O2S2. The Kier molecular flexibility index (Phi) is 5.90. The van der Waals surface area contributed by atoms with Gasteiger partial charge in [-0.1, -0.05) is 11.8 Å². The summed E-state index contributed by atoms with van der Waals surface area (Å²) in [7, 11) is 0. The third-order valence-electron chi connectivity index (χ3n) is 4.18. The van der Waals surface area contributed by atoms with Gasteiger partial charge in [0.05, 0.1) is 5.75 Å². The first-order valence-electron chi connectivity index (χ1n) is 8.55. The van der Waals surface area contributed by atoms with Crippen molar-refractivity contribution in [3.8, 4) is 0 Å². The largest absolute Gasteiger partial charge is 0.355 e. The summed E-state index contributed by atoms with van der Waals surface area (Å²) < 4.78 is 0. The Morgan fingerprint density at radius 3 is 2.92 bits per heavy atom. The first kappa shape index (κ1) is 18.1. The van der Waals surface area contributed by atoms with Crippen LogP contribution >= 0.6 is 23.1 Å². The van der Waals surface area contributed by atoms with Gasteiger partial charge in [0, 0.05) is 16.8 Å².